The van der Waals surface area contributed by atoms with Crippen molar-refractivity contribution >= 4 is 18.4 Å². The van der Waals surface area contributed by atoms with Crippen molar-refractivity contribution in [2.45, 2.75) is 76.7 Å². The van der Waals surface area contributed by atoms with E-state index in [9.17, 15) is 0 Å². The molecule has 29 heavy (non-hydrogen) atoms. The lowest BCUT2D eigenvalue weighted by molar-refractivity contribution is 0.410. The highest BCUT2D eigenvalue weighted by atomic mass is 32.5. The largest absolute Gasteiger partial charge is 0.425 e. The fourth-order valence-electron chi connectivity index (χ4n) is 3.83. The summed E-state index contributed by atoms with van der Waals surface area (Å²) in [5, 5.41) is 3.66. The minimum absolute atomic E-state index is 0.340. The minimum atomic E-state index is -2.73. The van der Waals surface area contributed by atoms with Gasteiger partial charge in [0, 0.05) is 17.8 Å². The third kappa shape index (κ3) is 8.50. The first kappa shape index (κ1) is 22.3. The molecule has 1 aliphatic rings. The van der Waals surface area contributed by atoms with Crippen molar-refractivity contribution in [2.75, 3.05) is 0 Å². The van der Waals surface area contributed by atoms with Crippen molar-refractivity contribution in [1.29, 1.82) is 0 Å². The highest BCUT2D eigenvalue weighted by molar-refractivity contribution is 8.09. The Bertz CT molecular complexity index is 684. The van der Waals surface area contributed by atoms with E-state index in [-0.39, 0.29) is 0 Å². The molecule has 158 valence electrons. The van der Waals surface area contributed by atoms with Gasteiger partial charge in [-0.25, -0.2) is 5.09 Å². The average Bonchev–Trinajstić information content (AvgIpc) is 2.71. The third-order valence-electron chi connectivity index (χ3n) is 5.38. The Morgan fingerprint density at radius 3 is 1.41 bits per heavy atom. The van der Waals surface area contributed by atoms with E-state index in [1.807, 2.05) is 60.7 Å². The van der Waals surface area contributed by atoms with Crippen LogP contribution >= 0.6 is 6.64 Å². The molecular weight excluding hydrogens is 397 g/mol. The normalized spacial score (nSPS) is 17.7. The SMILES string of the molecule is S=P(NC1CCCCCCCCCCC1)(Oc1ccccc1)Oc1ccccc1. The van der Waals surface area contributed by atoms with Crippen LogP contribution in [0.2, 0.25) is 0 Å². The predicted octanol–water partition coefficient (Wildman–Crippen LogP) is 7.63. The predicted molar refractivity (Wildman–Crippen MR) is 126 cm³/mol. The molecule has 0 unspecified atom stereocenters. The maximum absolute atomic E-state index is 6.27. The van der Waals surface area contributed by atoms with Crippen LogP contribution in [0.4, 0.5) is 0 Å². The van der Waals surface area contributed by atoms with E-state index in [0.717, 1.165) is 24.3 Å². The molecule has 1 N–H and O–H groups in total. The summed E-state index contributed by atoms with van der Waals surface area (Å²) in [6, 6.07) is 19.9. The number of benzene rings is 2. The second kappa shape index (κ2) is 12.4. The molecule has 0 heterocycles. The van der Waals surface area contributed by atoms with Gasteiger partial charge >= 0.3 is 6.64 Å². The molecule has 0 spiro atoms. The zero-order valence-electron chi connectivity index (χ0n) is 17.3. The third-order valence-corrected chi connectivity index (χ3v) is 7.73. The molecule has 0 amide bonds. The molecule has 1 fully saturated rings. The standard InChI is InChI=1S/C24H34NO2PS/c29-28(26-23-18-12-8-13-19-23,27-24-20-14-9-15-21-24)25-22-16-10-6-4-2-1-3-5-7-11-17-22/h8-9,12-15,18-22H,1-7,10-11,16-17H2,(H,25,29). The van der Waals surface area contributed by atoms with Crippen LogP contribution in [-0.4, -0.2) is 6.04 Å². The van der Waals surface area contributed by atoms with Crippen LogP contribution in [0.3, 0.4) is 0 Å². The molecule has 3 rings (SSSR count). The van der Waals surface area contributed by atoms with E-state index in [4.69, 9.17) is 20.9 Å². The summed E-state index contributed by atoms with van der Waals surface area (Å²) >= 11 is 5.99. The highest BCUT2D eigenvalue weighted by Crippen LogP contribution is 2.46. The lowest BCUT2D eigenvalue weighted by Crippen LogP contribution is -2.30. The van der Waals surface area contributed by atoms with Gasteiger partial charge < -0.3 is 9.05 Å². The lowest BCUT2D eigenvalue weighted by atomic mass is 9.98. The number of para-hydroxylation sites is 2. The van der Waals surface area contributed by atoms with Gasteiger partial charge in [0.25, 0.3) is 0 Å². The Kier molecular flexibility index (Phi) is 9.53. The number of hydrogen-bond acceptors (Lipinski definition) is 3. The maximum Gasteiger partial charge on any atom is 0.365 e. The summed E-state index contributed by atoms with van der Waals surface area (Å²) in [5.41, 5.74) is 0. The molecule has 0 aliphatic heterocycles. The van der Waals surface area contributed by atoms with Crippen LogP contribution in [0, 0.1) is 0 Å². The van der Waals surface area contributed by atoms with Gasteiger partial charge in [-0.2, -0.15) is 0 Å². The average molecular weight is 432 g/mol. The fourth-order valence-corrected chi connectivity index (χ4v) is 6.44. The Morgan fingerprint density at radius 2 is 1.00 bits per heavy atom. The number of hydrogen-bond donors (Lipinski definition) is 1. The second-order valence-corrected chi connectivity index (χ2v) is 11.0. The smallest absolute Gasteiger partial charge is 0.365 e. The topological polar surface area (TPSA) is 30.5 Å². The summed E-state index contributed by atoms with van der Waals surface area (Å²) in [4.78, 5) is 0. The van der Waals surface area contributed by atoms with Gasteiger partial charge in [0.05, 0.1) is 0 Å². The Hall–Kier alpha value is -1.35. The lowest BCUT2D eigenvalue weighted by Gasteiger charge is -2.29. The molecule has 0 atom stereocenters. The van der Waals surface area contributed by atoms with Gasteiger partial charge in [-0.3, -0.25) is 0 Å². The van der Waals surface area contributed by atoms with Crippen LogP contribution in [-0.2, 0) is 11.8 Å². The van der Waals surface area contributed by atoms with Crippen LogP contribution in [0.5, 0.6) is 11.5 Å². The summed E-state index contributed by atoms with van der Waals surface area (Å²) in [5.74, 6) is 1.51. The van der Waals surface area contributed by atoms with Crippen LogP contribution < -0.4 is 14.1 Å². The molecule has 0 bridgehead atoms. The van der Waals surface area contributed by atoms with Crippen LogP contribution in [0.25, 0.3) is 0 Å². The molecule has 0 aromatic heterocycles. The zero-order valence-corrected chi connectivity index (χ0v) is 19.0. The quantitative estimate of drug-likeness (QED) is 0.476. The fraction of sp³-hybridized carbons (Fsp3) is 0.500. The molecule has 1 aliphatic carbocycles. The van der Waals surface area contributed by atoms with Crippen molar-refractivity contribution in [3.05, 3.63) is 60.7 Å². The molecule has 2 aromatic rings. The highest BCUT2D eigenvalue weighted by Gasteiger charge is 2.27. The Labute approximate surface area is 181 Å². The first-order valence-corrected chi connectivity index (χ1v) is 13.7. The minimum Gasteiger partial charge on any atom is -0.425 e. The molecule has 3 nitrogen and oxygen atoms in total. The summed E-state index contributed by atoms with van der Waals surface area (Å²) in [6.07, 6.45) is 14.2. The monoisotopic (exact) mass is 431 g/mol. The summed E-state index contributed by atoms with van der Waals surface area (Å²) in [7, 11) is 0. The van der Waals surface area contributed by atoms with Gasteiger partial charge in [-0.1, -0.05) is 94.2 Å². The van der Waals surface area contributed by atoms with E-state index in [0.29, 0.717) is 6.04 Å². The summed E-state index contributed by atoms with van der Waals surface area (Å²) in [6.45, 7) is -2.73. The van der Waals surface area contributed by atoms with E-state index in [1.165, 1.54) is 57.8 Å². The van der Waals surface area contributed by atoms with E-state index in [1.54, 1.807) is 0 Å². The van der Waals surface area contributed by atoms with Gasteiger partial charge in [0.1, 0.15) is 11.5 Å². The number of rotatable bonds is 6. The maximum atomic E-state index is 6.27. The Balaban J connectivity index is 1.71. The van der Waals surface area contributed by atoms with E-state index < -0.39 is 6.64 Å². The van der Waals surface area contributed by atoms with Crippen LogP contribution in [0.15, 0.2) is 60.7 Å². The van der Waals surface area contributed by atoms with Crippen molar-refractivity contribution in [3.8, 4) is 11.5 Å². The summed E-state index contributed by atoms with van der Waals surface area (Å²) < 4.78 is 12.5. The van der Waals surface area contributed by atoms with Gasteiger partial charge in [0.2, 0.25) is 0 Å². The molecule has 0 radical (unpaired) electrons. The van der Waals surface area contributed by atoms with Gasteiger partial charge in [-0.15, -0.1) is 0 Å². The van der Waals surface area contributed by atoms with E-state index in [2.05, 4.69) is 5.09 Å². The molecule has 5 heteroatoms. The molecule has 2 aromatic carbocycles. The van der Waals surface area contributed by atoms with Gasteiger partial charge in [0.15, 0.2) is 0 Å². The number of nitrogens with one attached hydrogen (secondary N) is 1. The van der Waals surface area contributed by atoms with Crippen molar-refractivity contribution in [2.24, 2.45) is 0 Å². The molecule has 0 saturated heterocycles. The zero-order chi connectivity index (χ0) is 20.2. The van der Waals surface area contributed by atoms with E-state index >= 15 is 0 Å². The van der Waals surface area contributed by atoms with Gasteiger partial charge in [-0.05, 0) is 37.1 Å². The van der Waals surface area contributed by atoms with Crippen LogP contribution in [0.1, 0.15) is 70.6 Å². The molecular formula is C24H34NO2PS. The first-order chi connectivity index (χ1) is 14.2. The Morgan fingerprint density at radius 1 is 0.621 bits per heavy atom. The first-order valence-electron chi connectivity index (χ1n) is 11.1. The van der Waals surface area contributed by atoms with Crippen molar-refractivity contribution in [3.63, 3.8) is 0 Å². The second-order valence-electron chi connectivity index (χ2n) is 7.89. The van der Waals surface area contributed by atoms with Crippen molar-refractivity contribution in [1.82, 2.24) is 5.09 Å². The van der Waals surface area contributed by atoms with Crippen molar-refractivity contribution < 1.29 is 9.05 Å². The molecule has 1 saturated carbocycles.